The monoisotopic (exact) mass is 975 g/mol. The van der Waals surface area contributed by atoms with Crippen molar-refractivity contribution < 1.29 is 48.1 Å². The van der Waals surface area contributed by atoms with E-state index >= 15 is 0 Å². The molecule has 1 aliphatic rings. The molecule has 0 bridgehead atoms. The molecule has 16 heteroatoms. The van der Waals surface area contributed by atoms with E-state index in [1.807, 2.05) is 60.3 Å². The molecule has 1 saturated heterocycles. The lowest BCUT2D eigenvalue weighted by atomic mass is 9.91. The number of likely N-dealkylation sites (N-methyl/N-ethyl adjacent to an activating group) is 2. The average Bonchev–Trinajstić information content (AvgIpc) is 3.85. The first-order valence-corrected chi connectivity index (χ1v) is 23.9. The van der Waals surface area contributed by atoms with Gasteiger partial charge in [0.25, 0.3) is 0 Å². The van der Waals surface area contributed by atoms with Crippen LogP contribution >= 0.6 is 0 Å². The zero-order valence-electron chi connectivity index (χ0n) is 46.7. The summed E-state index contributed by atoms with van der Waals surface area (Å²) >= 11 is 0. The quantitative estimate of drug-likeness (QED) is 0.0442. The van der Waals surface area contributed by atoms with Crippen LogP contribution in [0.4, 0.5) is 4.79 Å². The van der Waals surface area contributed by atoms with Gasteiger partial charge in [0.2, 0.25) is 18.2 Å². The summed E-state index contributed by atoms with van der Waals surface area (Å²) in [6, 6.07) is 0.144. The Morgan fingerprint density at radius 2 is 1.43 bits per heavy atom. The van der Waals surface area contributed by atoms with Crippen molar-refractivity contribution in [1.82, 2.24) is 15.1 Å². The number of methoxy groups -OCH3 is 2. The maximum atomic E-state index is 12.2. The van der Waals surface area contributed by atoms with E-state index in [1.165, 1.54) is 57.6 Å². The number of nitrogens with two attached hydrogens (primary N) is 3. The Morgan fingerprint density at radius 1 is 0.926 bits per heavy atom. The lowest BCUT2D eigenvalue weighted by Crippen LogP contribution is -2.50. The van der Waals surface area contributed by atoms with Crippen molar-refractivity contribution in [3.63, 3.8) is 0 Å². The molecular formula is C52H106N6O10. The Bertz CT molecular complexity index is 1260. The topological polar surface area (TPSA) is 247 Å². The molecule has 404 valence electrons. The number of allylic oxidation sites excluding steroid dienone is 2. The molecule has 0 aromatic heterocycles. The van der Waals surface area contributed by atoms with Gasteiger partial charge in [0.05, 0.1) is 24.9 Å². The van der Waals surface area contributed by atoms with Crippen LogP contribution in [0.5, 0.6) is 0 Å². The standard InChI is InChI=1S/C15H31NO2.C12H25NO.C11H22N2O3.C8H10O.C2H6.CH3NO.CH5N.2CH2O/c1-8-12(5)15(13(9-2)18-7)16(6)14(17)10-11(3)4;1-4-6-10(2)9-12(14-3)11-7-5-8-13-11;1-7(2)8(9(12)14)13(6)10(15)16-11(3,4)5;1-3-5-6-8(4-2)7-9;1-2;2-1-3;3*1-2/h11-13,15H,8-10H2,1-7H3;10-13H,4-9H2,1-3H3;7-8H,1-6H3,(H2,12,14);4-6,9H,1-2,7H2;1-2H3;1H,(H2,2,3);2H2,1H3;2*1H2/b;;;8-6+;;;;;/t;10-,11?,12?;;;;;;;/m.1......./s1. The number of ether oxygens (including phenoxy) is 3. The second-order valence-electron chi connectivity index (χ2n) is 17.1. The number of hydrogen-bond donors (Lipinski definition) is 5. The van der Waals surface area contributed by atoms with Crippen LogP contribution in [-0.4, -0.2) is 137 Å². The molecule has 7 atom stereocenters. The van der Waals surface area contributed by atoms with Gasteiger partial charge >= 0.3 is 6.09 Å². The Morgan fingerprint density at radius 3 is 1.72 bits per heavy atom. The lowest BCUT2D eigenvalue weighted by molar-refractivity contribution is -0.137. The number of hydrogen-bond acceptors (Lipinski definition) is 12. The van der Waals surface area contributed by atoms with Gasteiger partial charge in [0.15, 0.2) is 0 Å². The smallest absolute Gasteiger partial charge is 0.410 e. The lowest BCUT2D eigenvalue weighted by Gasteiger charge is -2.37. The molecule has 1 rings (SSSR count). The molecular weight excluding hydrogens is 869 g/mol. The molecule has 0 saturated carbocycles. The van der Waals surface area contributed by atoms with Gasteiger partial charge in [-0.2, -0.15) is 0 Å². The van der Waals surface area contributed by atoms with Gasteiger partial charge in [0, 0.05) is 40.8 Å². The number of nitrogens with zero attached hydrogens (tertiary/aromatic N) is 2. The van der Waals surface area contributed by atoms with E-state index in [1.54, 1.807) is 46.1 Å². The predicted molar refractivity (Wildman–Crippen MR) is 284 cm³/mol. The minimum atomic E-state index is -0.644. The Hall–Kier alpha value is -4.18. The molecule has 0 aromatic carbocycles. The van der Waals surface area contributed by atoms with Gasteiger partial charge in [-0.3, -0.25) is 19.3 Å². The molecule has 16 nitrogen and oxygen atoms in total. The van der Waals surface area contributed by atoms with Crippen molar-refractivity contribution in [3.8, 4) is 0 Å². The van der Waals surface area contributed by atoms with Crippen LogP contribution in [0, 0.1) is 23.7 Å². The van der Waals surface area contributed by atoms with Gasteiger partial charge < -0.3 is 56.3 Å². The first-order chi connectivity index (χ1) is 32.0. The minimum absolute atomic E-state index is 0.0156. The molecule has 1 heterocycles. The molecule has 1 fully saturated rings. The van der Waals surface area contributed by atoms with Crippen molar-refractivity contribution in [1.29, 1.82) is 0 Å². The fourth-order valence-corrected chi connectivity index (χ4v) is 6.67. The number of carbonyl (C=O) groups is 6. The van der Waals surface area contributed by atoms with E-state index in [9.17, 15) is 14.4 Å². The maximum Gasteiger partial charge on any atom is 0.410 e. The summed E-state index contributed by atoms with van der Waals surface area (Å²) in [5.41, 5.74) is 16.7. The Balaban J connectivity index is -0.000000111. The number of carbonyl (C=O) groups excluding carboxylic acids is 6. The third-order valence-corrected chi connectivity index (χ3v) is 9.88. The first kappa shape index (κ1) is 80.8. The normalized spacial score (nSPS) is 14.8. The maximum absolute atomic E-state index is 12.2. The van der Waals surface area contributed by atoms with Gasteiger partial charge in [-0.15, -0.1) is 5.73 Å². The molecule has 8 N–H and O–H groups in total. The van der Waals surface area contributed by atoms with E-state index < -0.39 is 23.6 Å². The van der Waals surface area contributed by atoms with E-state index in [2.05, 4.69) is 84.1 Å². The van der Waals surface area contributed by atoms with Crippen LogP contribution in [0.2, 0.25) is 0 Å². The number of aliphatic hydroxyl groups excluding tert-OH is 1. The van der Waals surface area contributed by atoms with Crippen molar-refractivity contribution >= 4 is 37.9 Å². The fourth-order valence-electron chi connectivity index (χ4n) is 6.67. The summed E-state index contributed by atoms with van der Waals surface area (Å²) in [4.78, 5) is 62.9. The van der Waals surface area contributed by atoms with E-state index in [0.29, 0.717) is 30.4 Å². The molecule has 68 heavy (non-hydrogen) atoms. The largest absolute Gasteiger partial charge is 0.444 e. The molecule has 0 radical (unpaired) electrons. The van der Waals surface area contributed by atoms with E-state index in [-0.39, 0.29) is 37.0 Å². The van der Waals surface area contributed by atoms with Gasteiger partial charge in [-0.1, -0.05) is 115 Å². The highest BCUT2D eigenvalue weighted by molar-refractivity contribution is 5.84. The predicted octanol–water partition coefficient (Wildman–Crippen LogP) is 8.04. The van der Waals surface area contributed by atoms with Gasteiger partial charge in [-0.05, 0) is 101 Å². The van der Waals surface area contributed by atoms with Crippen LogP contribution in [0.15, 0.2) is 42.7 Å². The van der Waals surface area contributed by atoms with Crippen molar-refractivity contribution in [3.05, 3.63) is 42.7 Å². The molecule has 6 unspecified atom stereocenters. The Labute approximate surface area is 416 Å². The minimum Gasteiger partial charge on any atom is -0.444 e. The van der Waals surface area contributed by atoms with Crippen LogP contribution in [-0.2, 0) is 38.2 Å². The number of amides is 4. The molecule has 1 aliphatic heterocycles. The highest BCUT2D eigenvalue weighted by Crippen LogP contribution is 2.23. The molecule has 0 spiro atoms. The summed E-state index contributed by atoms with van der Waals surface area (Å²) in [6.45, 7) is 40.2. The summed E-state index contributed by atoms with van der Waals surface area (Å²) in [5.74, 6) is 1.31. The molecule has 0 aromatic rings. The highest BCUT2D eigenvalue weighted by Gasteiger charge is 2.32. The van der Waals surface area contributed by atoms with E-state index in [0.717, 1.165) is 24.3 Å². The van der Waals surface area contributed by atoms with Gasteiger partial charge in [0.1, 0.15) is 25.2 Å². The van der Waals surface area contributed by atoms with Crippen LogP contribution in [0.1, 0.15) is 148 Å². The Kier molecular flexibility index (Phi) is 65.9. The third-order valence-electron chi connectivity index (χ3n) is 9.88. The second kappa shape index (κ2) is 55.4. The number of nitrogens with one attached hydrogen (secondary N) is 1. The van der Waals surface area contributed by atoms with Gasteiger partial charge in [-0.25, -0.2) is 4.79 Å². The zero-order valence-corrected chi connectivity index (χ0v) is 46.7. The van der Waals surface area contributed by atoms with Crippen LogP contribution < -0.4 is 22.5 Å². The zero-order chi connectivity index (χ0) is 55.6. The van der Waals surface area contributed by atoms with E-state index in [4.69, 9.17) is 39.4 Å². The molecule has 0 aliphatic carbocycles. The number of rotatable bonds is 20. The summed E-state index contributed by atoms with van der Waals surface area (Å²) in [6.07, 6.45) is 14.2. The highest BCUT2D eigenvalue weighted by atomic mass is 16.6. The summed E-state index contributed by atoms with van der Waals surface area (Å²) in [5, 5.41) is 12.1. The number of aliphatic hydroxyl groups is 1. The third kappa shape index (κ3) is 45.6. The van der Waals surface area contributed by atoms with Crippen molar-refractivity contribution in [2.45, 2.75) is 184 Å². The van der Waals surface area contributed by atoms with Crippen LogP contribution in [0.3, 0.4) is 0 Å². The summed E-state index contributed by atoms with van der Waals surface area (Å²) in [7, 11) is 8.53. The average molecular weight is 975 g/mol. The van der Waals surface area contributed by atoms with Crippen LogP contribution in [0.25, 0.3) is 0 Å². The summed E-state index contributed by atoms with van der Waals surface area (Å²) < 4.78 is 16.3. The second-order valence-corrected chi connectivity index (χ2v) is 17.1. The van der Waals surface area contributed by atoms with Crippen molar-refractivity contribution in [2.24, 2.45) is 40.9 Å². The number of primary amides is 2. The first-order valence-electron chi connectivity index (χ1n) is 23.9. The van der Waals surface area contributed by atoms with Crippen molar-refractivity contribution in [2.75, 3.05) is 48.5 Å². The fraction of sp³-hybridized carbons (Fsp3) is 0.750. The SMILES string of the molecule is C=C=C/C=C(\C=C)CO.C=O.C=O.CC.CC(C)C(C(N)=O)N(C)C(=O)OC(C)(C)C.CCC(C)C(C(CC)OC)N(C)C(=O)CC(C)C.CCC[C@@H](C)CC(OC)C1CCCN1.CN.NC=O. The molecule has 4 amide bonds.